The molecule has 0 aliphatic rings. The van der Waals surface area contributed by atoms with Crippen LogP contribution in [0.4, 0.5) is 0 Å². The molecule has 22 heavy (non-hydrogen) atoms. The SMILES string of the molecule is [CH2]Cc1ccc(CCCCC)c2cccc(CCCCC)c12. The average molecular weight is 295 g/mol. The van der Waals surface area contributed by atoms with E-state index in [1.807, 2.05) is 0 Å². The predicted octanol–water partition coefficient (Wildman–Crippen LogP) is 6.68. The van der Waals surface area contributed by atoms with Crippen LogP contribution in [0.15, 0.2) is 30.3 Å². The standard InChI is InChI=1S/C22H31/c1-4-7-9-12-19-17-16-18(6-3)22-20(13-10-8-5-2)14-11-15-21(19)22/h11,14-17H,3-10,12-13H2,1-2H3. The van der Waals surface area contributed by atoms with Gasteiger partial charge in [-0.2, -0.15) is 0 Å². The zero-order chi connectivity index (χ0) is 15.8. The number of fused-ring (bicyclic) bond motifs is 1. The van der Waals surface area contributed by atoms with Crippen molar-refractivity contribution in [1.29, 1.82) is 0 Å². The van der Waals surface area contributed by atoms with Crippen molar-refractivity contribution in [3.8, 4) is 0 Å². The molecule has 0 saturated heterocycles. The van der Waals surface area contributed by atoms with Crippen molar-refractivity contribution in [2.24, 2.45) is 0 Å². The highest BCUT2D eigenvalue weighted by Gasteiger charge is 2.09. The van der Waals surface area contributed by atoms with E-state index in [-0.39, 0.29) is 0 Å². The van der Waals surface area contributed by atoms with Gasteiger partial charge in [0.05, 0.1) is 0 Å². The van der Waals surface area contributed by atoms with E-state index in [1.54, 1.807) is 0 Å². The largest absolute Gasteiger partial charge is 0.0654 e. The first kappa shape index (κ1) is 17.1. The van der Waals surface area contributed by atoms with Gasteiger partial charge in [0.25, 0.3) is 0 Å². The van der Waals surface area contributed by atoms with Crippen molar-refractivity contribution in [3.05, 3.63) is 53.9 Å². The number of rotatable bonds is 9. The molecule has 0 saturated carbocycles. The molecule has 0 aliphatic carbocycles. The summed E-state index contributed by atoms with van der Waals surface area (Å²) >= 11 is 0. The topological polar surface area (TPSA) is 0 Å². The highest BCUT2D eigenvalue weighted by molar-refractivity contribution is 5.91. The van der Waals surface area contributed by atoms with Gasteiger partial charge in [0, 0.05) is 0 Å². The molecule has 0 aromatic heterocycles. The van der Waals surface area contributed by atoms with E-state index in [2.05, 4.69) is 51.1 Å². The second-order valence-electron chi connectivity index (χ2n) is 6.39. The van der Waals surface area contributed by atoms with Gasteiger partial charge in [-0.05, 0) is 66.5 Å². The number of hydrogen-bond donors (Lipinski definition) is 0. The molecule has 119 valence electrons. The second kappa shape index (κ2) is 8.98. The Morgan fingerprint density at radius 3 is 2.00 bits per heavy atom. The minimum absolute atomic E-state index is 0.885. The lowest BCUT2D eigenvalue weighted by atomic mass is 9.90. The summed E-state index contributed by atoms with van der Waals surface area (Å²) in [5, 5.41) is 2.98. The maximum Gasteiger partial charge on any atom is -0.0117 e. The average Bonchev–Trinajstić information content (AvgIpc) is 2.55. The molecule has 0 spiro atoms. The number of aryl methyl sites for hydroxylation is 2. The minimum Gasteiger partial charge on any atom is -0.0654 e. The minimum atomic E-state index is 0.885. The summed E-state index contributed by atoms with van der Waals surface area (Å²) in [4.78, 5) is 0. The highest BCUT2D eigenvalue weighted by atomic mass is 14.1. The van der Waals surface area contributed by atoms with Crippen molar-refractivity contribution in [2.45, 2.75) is 71.6 Å². The van der Waals surface area contributed by atoms with Gasteiger partial charge in [-0.1, -0.05) is 69.9 Å². The summed E-state index contributed by atoms with van der Waals surface area (Å²) in [6, 6.07) is 11.6. The smallest absolute Gasteiger partial charge is 0.0117 e. The Balaban J connectivity index is 2.37. The fourth-order valence-electron chi connectivity index (χ4n) is 3.39. The van der Waals surface area contributed by atoms with Crippen molar-refractivity contribution >= 4 is 10.8 Å². The molecule has 0 fully saturated rings. The van der Waals surface area contributed by atoms with Crippen LogP contribution in [0.1, 0.15) is 69.1 Å². The number of unbranched alkanes of at least 4 members (excludes halogenated alkanes) is 4. The van der Waals surface area contributed by atoms with Crippen LogP contribution in [-0.2, 0) is 19.3 Å². The lowest BCUT2D eigenvalue weighted by molar-refractivity contribution is 0.717. The van der Waals surface area contributed by atoms with E-state index in [1.165, 1.54) is 78.8 Å². The summed E-state index contributed by atoms with van der Waals surface area (Å²) in [6.07, 6.45) is 11.1. The summed E-state index contributed by atoms with van der Waals surface area (Å²) < 4.78 is 0. The molecule has 0 atom stereocenters. The Kier molecular flexibility index (Phi) is 6.96. The van der Waals surface area contributed by atoms with Crippen molar-refractivity contribution in [1.82, 2.24) is 0 Å². The quantitative estimate of drug-likeness (QED) is 0.452. The van der Waals surface area contributed by atoms with E-state index in [0.29, 0.717) is 0 Å². The molecule has 0 bridgehead atoms. The summed E-state index contributed by atoms with van der Waals surface area (Å²) in [7, 11) is 0. The summed E-state index contributed by atoms with van der Waals surface area (Å²) in [6.45, 7) is 8.70. The van der Waals surface area contributed by atoms with Crippen LogP contribution in [0, 0.1) is 6.92 Å². The Morgan fingerprint density at radius 2 is 1.36 bits per heavy atom. The Morgan fingerprint density at radius 1 is 0.727 bits per heavy atom. The van der Waals surface area contributed by atoms with Crippen LogP contribution in [0.5, 0.6) is 0 Å². The van der Waals surface area contributed by atoms with Crippen LogP contribution < -0.4 is 0 Å². The van der Waals surface area contributed by atoms with Gasteiger partial charge in [-0.3, -0.25) is 0 Å². The molecule has 2 aromatic carbocycles. The molecular formula is C22H31. The number of benzene rings is 2. The molecule has 1 radical (unpaired) electrons. The monoisotopic (exact) mass is 295 g/mol. The van der Waals surface area contributed by atoms with Gasteiger partial charge in [0.15, 0.2) is 0 Å². The molecule has 0 unspecified atom stereocenters. The van der Waals surface area contributed by atoms with Crippen molar-refractivity contribution in [2.75, 3.05) is 0 Å². The van der Waals surface area contributed by atoms with Crippen molar-refractivity contribution in [3.63, 3.8) is 0 Å². The zero-order valence-electron chi connectivity index (χ0n) is 14.5. The van der Waals surface area contributed by atoms with Crippen molar-refractivity contribution < 1.29 is 0 Å². The first-order valence-corrected chi connectivity index (χ1v) is 9.13. The van der Waals surface area contributed by atoms with Crippen LogP contribution >= 0.6 is 0 Å². The molecule has 0 heteroatoms. The third-order valence-corrected chi connectivity index (χ3v) is 4.67. The normalized spacial score (nSPS) is 11.2. The fourth-order valence-corrected chi connectivity index (χ4v) is 3.39. The fraction of sp³-hybridized carbons (Fsp3) is 0.500. The molecule has 2 aromatic rings. The lowest BCUT2D eigenvalue weighted by Gasteiger charge is -2.14. The van der Waals surface area contributed by atoms with Crippen LogP contribution in [0.3, 0.4) is 0 Å². The number of hydrogen-bond acceptors (Lipinski definition) is 0. The van der Waals surface area contributed by atoms with E-state index in [0.717, 1.165) is 6.42 Å². The maximum absolute atomic E-state index is 4.15. The van der Waals surface area contributed by atoms with E-state index >= 15 is 0 Å². The third-order valence-electron chi connectivity index (χ3n) is 4.67. The maximum atomic E-state index is 4.15. The molecule has 0 amide bonds. The van der Waals surface area contributed by atoms with E-state index < -0.39 is 0 Å². The second-order valence-corrected chi connectivity index (χ2v) is 6.39. The molecular weight excluding hydrogens is 264 g/mol. The Hall–Kier alpha value is -1.30. The van der Waals surface area contributed by atoms with Crippen LogP contribution in [-0.4, -0.2) is 0 Å². The molecule has 0 N–H and O–H groups in total. The van der Waals surface area contributed by atoms with E-state index in [4.69, 9.17) is 0 Å². The van der Waals surface area contributed by atoms with Crippen LogP contribution in [0.2, 0.25) is 0 Å². The van der Waals surface area contributed by atoms with Gasteiger partial charge in [-0.15, -0.1) is 0 Å². The van der Waals surface area contributed by atoms with Gasteiger partial charge in [0.2, 0.25) is 0 Å². The third kappa shape index (κ3) is 4.12. The Labute approximate surface area is 136 Å². The molecule has 0 nitrogen and oxygen atoms in total. The van der Waals surface area contributed by atoms with Gasteiger partial charge in [-0.25, -0.2) is 0 Å². The van der Waals surface area contributed by atoms with Crippen LogP contribution in [0.25, 0.3) is 10.8 Å². The summed E-state index contributed by atoms with van der Waals surface area (Å²) in [5.41, 5.74) is 4.47. The first-order chi connectivity index (χ1) is 10.8. The molecule has 0 heterocycles. The highest BCUT2D eigenvalue weighted by Crippen LogP contribution is 2.29. The zero-order valence-corrected chi connectivity index (χ0v) is 14.5. The van der Waals surface area contributed by atoms with Gasteiger partial charge < -0.3 is 0 Å². The predicted molar refractivity (Wildman–Crippen MR) is 99.5 cm³/mol. The van der Waals surface area contributed by atoms with Gasteiger partial charge in [0.1, 0.15) is 0 Å². The van der Waals surface area contributed by atoms with Gasteiger partial charge >= 0.3 is 0 Å². The molecule has 2 rings (SSSR count). The van der Waals surface area contributed by atoms with E-state index in [9.17, 15) is 0 Å². The molecule has 0 aliphatic heterocycles. The first-order valence-electron chi connectivity index (χ1n) is 9.13. The lowest BCUT2D eigenvalue weighted by Crippen LogP contribution is -1.96. The Bertz CT molecular complexity index is 580. The summed E-state index contributed by atoms with van der Waals surface area (Å²) in [5.74, 6) is 0.